The first-order chi connectivity index (χ1) is 13.7. The first-order valence-electron chi connectivity index (χ1n) is 8.96. The maximum Gasteiger partial charge on any atom is 0.236 e. The van der Waals surface area contributed by atoms with E-state index in [0.717, 1.165) is 22.7 Å². The van der Waals surface area contributed by atoms with E-state index in [-0.39, 0.29) is 17.2 Å². The van der Waals surface area contributed by atoms with Gasteiger partial charge >= 0.3 is 0 Å². The van der Waals surface area contributed by atoms with Crippen molar-refractivity contribution < 1.29 is 9.53 Å². The molecule has 0 aliphatic carbocycles. The Morgan fingerprint density at radius 2 is 1.93 bits per heavy atom. The summed E-state index contributed by atoms with van der Waals surface area (Å²) in [7, 11) is 1.64. The van der Waals surface area contributed by atoms with Gasteiger partial charge < -0.3 is 15.5 Å². The first-order valence-corrected chi connectivity index (χ1v) is 9.84. The number of ether oxygens (including phenoxy) is 1. The summed E-state index contributed by atoms with van der Waals surface area (Å²) in [5.41, 5.74) is 5.45. The molecule has 2 N–H and O–H groups in total. The number of carbonyl (C=O) groups excluding carboxylic acids is 1. The third kappa shape index (κ3) is 3.68. The topological polar surface area (TPSA) is 81.1 Å². The van der Waals surface area contributed by atoms with Gasteiger partial charge in [0.2, 0.25) is 11.1 Å². The van der Waals surface area contributed by atoms with Crippen LogP contribution in [0.15, 0.2) is 59.8 Å². The Morgan fingerprint density at radius 1 is 1.18 bits per heavy atom. The molecule has 8 heteroatoms. The quantitative estimate of drug-likeness (QED) is 0.691. The van der Waals surface area contributed by atoms with E-state index in [9.17, 15) is 4.79 Å². The predicted molar refractivity (Wildman–Crippen MR) is 108 cm³/mol. The normalized spacial score (nSPS) is 18.1. The molecule has 0 radical (unpaired) electrons. The molecule has 1 amide bonds. The summed E-state index contributed by atoms with van der Waals surface area (Å²) >= 11 is 1.42. The van der Waals surface area contributed by atoms with Gasteiger partial charge in [0.25, 0.3) is 0 Å². The third-order valence-electron chi connectivity index (χ3n) is 4.64. The second-order valence-corrected chi connectivity index (χ2v) is 7.60. The van der Waals surface area contributed by atoms with Gasteiger partial charge in [0, 0.05) is 6.54 Å². The van der Waals surface area contributed by atoms with Crippen LogP contribution in [0.4, 0.5) is 0 Å². The van der Waals surface area contributed by atoms with Crippen LogP contribution < -0.4 is 15.5 Å². The molecular weight excluding hydrogens is 374 g/mol. The molecule has 0 unspecified atom stereocenters. The van der Waals surface area contributed by atoms with Crippen LogP contribution in [0.5, 0.6) is 5.75 Å². The summed E-state index contributed by atoms with van der Waals surface area (Å²) in [6.07, 6.45) is 0. The van der Waals surface area contributed by atoms with Gasteiger partial charge in [-0.3, -0.25) is 4.79 Å². The Kier molecular flexibility index (Phi) is 5.21. The summed E-state index contributed by atoms with van der Waals surface area (Å²) in [6, 6.07) is 17.4. The number of fused-ring (bicyclic) bond motifs is 1. The smallest absolute Gasteiger partial charge is 0.236 e. The lowest BCUT2D eigenvalue weighted by Crippen LogP contribution is -2.44. The molecule has 1 aliphatic heterocycles. The molecule has 1 aromatic heterocycles. The van der Waals surface area contributed by atoms with E-state index in [4.69, 9.17) is 4.74 Å². The van der Waals surface area contributed by atoms with Crippen molar-refractivity contribution in [1.29, 1.82) is 0 Å². The van der Waals surface area contributed by atoms with Crippen LogP contribution >= 0.6 is 11.8 Å². The van der Waals surface area contributed by atoms with Crippen molar-refractivity contribution in [1.82, 2.24) is 20.2 Å². The van der Waals surface area contributed by atoms with Crippen LogP contribution in [0.3, 0.4) is 0 Å². The number of nitrogens with one attached hydrogen (secondary N) is 2. The number of amides is 1. The van der Waals surface area contributed by atoms with E-state index in [1.165, 1.54) is 11.8 Å². The highest BCUT2D eigenvalue weighted by molar-refractivity contribution is 8.00. The van der Waals surface area contributed by atoms with Gasteiger partial charge in [0.1, 0.15) is 16.8 Å². The SMILES string of the molecule is COc1ccc([C@H]2Nn3c(C)nnc3S[C@H]2C(=O)NCc2ccccc2)cc1. The highest BCUT2D eigenvalue weighted by Gasteiger charge is 2.37. The average Bonchev–Trinajstić information content (AvgIpc) is 3.12. The zero-order valence-electron chi connectivity index (χ0n) is 15.6. The van der Waals surface area contributed by atoms with Crippen molar-refractivity contribution >= 4 is 17.7 Å². The van der Waals surface area contributed by atoms with Crippen molar-refractivity contribution in [3.05, 3.63) is 71.5 Å². The minimum atomic E-state index is -0.381. The number of rotatable bonds is 5. The molecule has 4 rings (SSSR count). The summed E-state index contributed by atoms with van der Waals surface area (Å²) in [4.78, 5) is 13.0. The van der Waals surface area contributed by atoms with Crippen molar-refractivity contribution in [2.75, 3.05) is 12.5 Å². The monoisotopic (exact) mass is 395 g/mol. The maximum atomic E-state index is 13.0. The van der Waals surface area contributed by atoms with Gasteiger partial charge in [0.05, 0.1) is 13.2 Å². The van der Waals surface area contributed by atoms with Crippen LogP contribution in [-0.4, -0.2) is 33.1 Å². The minimum Gasteiger partial charge on any atom is -0.497 e. The highest BCUT2D eigenvalue weighted by Crippen LogP contribution is 2.37. The van der Waals surface area contributed by atoms with Crippen LogP contribution in [0, 0.1) is 6.92 Å². The summed E-state index contributed by atoms with van der Waals surface area (Å²) in [5, 5.41) is 11.6. The van der Waals surface area contributed by atoms with Crippen molar-refractivity contribution in [2.24, 2.45) is 0 Å². The zero-order chi connectivity index (χ0) is 19.5. The summed E-state index contributed by atoms with van der Waals surface area (Å²) < 4.78 is 7.09. The van der Waals surface area contributed by atoms with E-state index < -0.39 is 0 Å². The Bertz CT molecular complexity index is 958. The fourth-order valence-corrected chi connectivity index (χ4v) is 4.26. The molecule has 3 aromatic rings. The molecule has 2 heterocycles. The van der Waals surface area contributed by atoms with Crippen LogP contribution in [0.25, 0.3) is 0 Å². The molecular formula is C20H21N5O2S. The molecule has 7 nitrogen and oxygen atoms in total. The average molecular weight is 395 g/mol. The van der Waals surface area contributed by atoms with Crippen molar-refractivity contribution in [2.45, 2.75) is 29.9 Å². The predicted octanol–water partition coefficient (Wildman–Crippen LogP) is 2.67. The Labute approximate surface area is 167 Å². The van der Waals surface area contributed by atoms with Gasteiger partial charge in [-0.25, -0.2) is 4.68 Å². The molecule has 1 aliphatic rings. The number of thioether (sulfide) groups is 1. The fourth-order valence-electron chi connectivity index (χ4n) is 3.11. The van der Waals surface area contributed by atoms with E-state index in [1.54, 1.807) is 7.11 Å². The number of benzene rings is 2. The minimum absolute atomic E-state index is 0.0472. The lowest BCUT2D eigenvalue weighted by Gasteiger charge is -2.32. The number of aromatic nitrogens is 3. The fraction of sp³-hybridized carbons (Fsp3) is 0.250. The van der Waals surface area contributed by atoms with Gasteiger partial charge in [-0.05, 0) is 30.2 Å². The Balaban J connectivity index is 1.58. The van der Waals surface area contributed by atoms with E-state index in [0.29, 0.717) is 11.7 Å². The number of nitrogens with zero attached hydrogens (tertiary/aromatic N) is 3. The molecule has 2 atom stereocenters. The van der Waals surface area contributed by atoms with Crippen LogP contribution in [0.1, 0.15) is 23.0 Å². The number of methoxy groups -OCH3 is 1. The van der Waals surface area contributed by atoms with Gasteiger partial charge in [-0.2, -0.15) is 0 Å². The zero-order valence-corrected chi connectivity index (χ0v) is 16.4. The second kappa shape index (κ2) is 7.93. The van der Waals surface area contributed by atoms with Crippen molar-refractivity contribution in [3.63, 3.8) is 0 Å². The highest BCUT2D eigenvalue weighted by atomic mass is 32.2. The van der Waals surface area contributed by atoms with Gasteiger partial charge in [-0.15, -0.1) is 10.2 Å². The molecule has 0 saturated heterocycles. The lowest BCUT2D eigenvalue weighted by molar-refractivity contribution is -0.121. The number of hydrogen-bond acceptors (Lipinski definition) is 6. The lowest BCUT2D eigenvalue weighted by atomic mass is 10.0. The number of aryl methyl sites for hydroxylation is 1. The van der Waals surface area contributed by atoms with E-state index in [1.807, 2.05) is 66.2 Å². The largest absolute Gasteiger partial charge is 0.497 e. The molecule has 28 heavy (non-hydrogen) atoms. The third-order valence-corrected chi connectivity index (χ3v) is 5.86. The van der Waals surface area contributed by atoms with E-state index >= 15 is 0 Å². The standard InChI is InChI=1S/C20H21N5O2S/c1-13-22-23-20-25(13)24-17(15-8-10-16(27-2)11-9-15)18(28-20)19(26)21-12-14-6-4-3-5-7-14/h3-11,17-18,24H,12H2,1-2H3,(H,21,26)/t17-,18-/m1/s1. The number of hydrogen-bond donors (Lipinski definition) is 2. The van der Waals surface area contributed by atoms with Crippen LogP contribution in [-0.2, 0) is 11.3 Å². The maximum absolute atomic E-state index is 13.0. The molecule has 0 bridgehead atoms. The summed E-state index contributed by atoms with van der Waals surface area (Å²) in [5.74, 6) is 1.48. The Hall–Kier alpha value is -3.00. The molecule has 2 aromatic carbocycles. The Morgan fingerprint density at radius 3 is 2.64 bits per heavy atom. The van der Waals surface area contributed by atoms with Gasteiger partial charge in [-0.1, -0.05) is 54.2 Å². The van der Waals surface area contributed by atoms with Gasteiger partial charge in [0.15, 0.2) is 0 Å². The molecule has 144 valence electrons. The summed E-state index contributed by atoms with van der Waals surface area (Å²) in [6.45, 7) is 2.36. The molecule has 0 fully saturated rings. The second-order valence-electron chi connectivity index (χ2n) is 6.49. The van der Waals surface area contributed by atoms with E-state index in [2.05, 4.69) is 20.9 Å². The molecule has 0 spiro atoms. The van der Waals surface area contributed by atoms with Crippen molar-refractivity contribution in [3.8, 4) is 5.75 Å². The van der Waals surface area contributed by atoms with Crippen LogP contribution in [0.2, 0.25) is 0 Å². The first kappa shape index (κ1) is 18.4. The molecule has 0 saturated carbocycles. The number of carbonyl (C=O) groups is 1.